The molecule has 0 spiro atoms. The maximum atomic E-state index is 11.7. The summed E-state index contributed by atoms with van der Waals surface area (Å²) in [4.78, 5) is 21.9. The van der Waals surface area contributed by atoms with Crippen LogP contribution < -0.4 is 10.6 Å². The predicted molar refractivity (Wildman–Crippen MR) is 72.5 cm³/mol. The Labute approximate surface area is 115 Å². The lowest BCUT2D eigenvalue weighted by Crippen LogP contribution is -2.44. The standard InChI is InChI=1S/C12H14ClN3O3/c1-7-5-11(16(18)19)8(13)6-10(7)15-9-3-2-4-14-12(9)17/h5-6,9,15H,2-4H2,1H3,(H,14,17). The Bertz CT molecular complexity index is 533. The summed E-state index contributed by atoms with van der Waals surface area (Å²) in [5.74, 6) is -0.0554. The van der Waals surface area contributed by atoms with Gasteiger partial charge in [0.2, 0.25) is 5.91 Å². The van der Waals surface area contributed by atoms with E-state index in [4.69, 9.17) is 11.6 Å². The van der Waals surface area contributed by atoms with Crippen molar-refractivity contribution in [1.29, 1.82) is 0 Å². The quantitative estimate of drug-likeness (QED) is 0.658. The molecule has 6 nitrogen and oxygen atoms in total. The maximum absolute atomic E-state index is 11.7. The van der Waals surface area contributed by atoms with E-state index < -0.39 is 4.92 Å². The van der Waals surface area contributed by atoms with Crippen LogP contribution in [-0.4, -0.2) is 23.4 Å². The molecule has 1 aromatic carbocycles. The van der Waals surface area contributed by atoms with Gasteiger partial charge in [-0.25, -0.2) is 0 Å². The highest BCUT2D eigenvalue weighted by atomic mass is 35.5. The van der Waals surface area contributed by atoms with Crippen molar-refractivity contribution >= 4 is 28.9 Å². The highest BCUT2D eigenvalue weighted by Gasteiger charge is 2.23. The Morgan fingerprint density at radius 2 is 2.26 bits per heavy atom. The summed E-state index contributed by atoms with van der Waals surface area (Å²) < 4.78 is 0. The van der Waals surface area contributed by atoms with Crippen LogP contribution in [0.2, 0.25) is 5.02 Å². The van der Waals surface area contributed by atoms with Crippen LogP contribution in [0.3, 0.4) is 0 Å². The molecule has 1 saturated heterocycles. The molecular formula is C12H14ClN3O3. The fraction of sp³-hybridized carbons (Fsp3) is 0.417. The van der Waals surface area contributed by atoms with Gasteiger partial charge in [0.1, 0.15) is 11.1 Å². The fourth-order valence-corrected chi connectivity index (χ4v) is 2.29. The molecule has 1 aliphatic heterocycles. The summed E-state index contributed by atoms with van der Waals surface area (Å²) in [6, 6.07) is 2.59. The van der Waals surface area contributed by atoms with Crippen molar-refractivity contribution in [1.82, 2.24) is 5.32 Å². The Hall–Kier alpha value is -1.82. The number of nitrogens with one attached hydrogen (secondary N) is 2. The van der Waals surface area contributed by atoms with Crippen LogP contribution in [0.1, 0.15) is 18.4 Å². The summed E-state index contributed by atoms with van der Waals surface area (Å²) in [7, 11) is 0. The normalized spacial score (nSPS) is 18.8. The summed E-state index contributed by atoms with van der Waals surface area (Å²) >= 11 is 5.87. The van der Waals surface area contributed by atoms with Gasteiger partial charge in [-0.05, 0) is 31.4 Å². The molecular weight excluding hydrogens is 270 g/mol. The Morgan fingerprint density at radius 3 is 2.89 bits per heavy atom. The van der Waals surface area contributed by atoms with E-state index in [1.54, 1.807) is 6.92 Å². The van der Waals surface area contributed by atoms with Crippen LogP contribution in [0.15, 0.2) is 12.1 Å². The van der Waals surface area contributed by atoms with Crippen LogP contribution in [-0.2, 0) is 4.79 Å². The van der Waals surface area contributed by atoms with Gasteiger partial charge in [0, 0.05) is 18.3 Å². The van der Waals surface area contributed by atoms with Crippen molar-refractivity contribution < 1.29 is 9.72 Å². The number of nitrogens with zero attached hydrogens (tertiary/aromatic N) is 1. The van der Waals surface area contributed by atoms with E-state index in [1.807, 2.05) is 0 Å². The number of halogens is 1. The van der Waals surface area contributed by atoms with Crippen molar-refractivity contribution in [3.8, 4) is 0 Å². The molecule has 1 aromatic rings. The Kier molecular flexibility index (Phi) is 3.90. The second-order valence-electron chi connectivity index (χ2n) is 4.51. The monoisotopic (exact) mass is 283 g/mol. The summed E-state index contributed by atoms with van der Waals surface area (Å²) in [6.07, 6.45) is 1.64. The molecule has 7 heteroatoms. The molecule has 19 heavy (non-hydrogen) atoms. The van der Waals surface area contributed by atoms with Gasteiger partial charge in [-0.15, -0.1) is 0 Å². The number of nitro benzene ring substituents is 1. The Morgan fingerprint density at radius 1 is 1.53 bits per heavy atom. The third kappa shape index (κ3) is 2.96. The van der Waals surface area contributed by atoms with Crippen molar-refractivity contribution in [3.05, 3.63) is 32.8 Å². The average Bonchev–Trinajstić information content (AvgIpc) is 2.35. The first-order valence-corrected chi connectivity index (χ1v) is 6.35. The number of carbonyl (C=O) groups is 1. The lowest BCUT2D eigenvalue weighted by Gasteiger charge is -2.24. The van der Waals surface area contributed by atoms with Crippen LogP contribution in [0, 0.1) is 17.0 Å². The fourth-order valence-electron chi connectivity index (χ4n) is 2.06. The van der Waals surface area contributed by atoms with Crippen molar-refractivity contribution in [2.24, 2.45) is 0 Å². The minimum atomic E-state index is -0.521. The number of anilines is 1. The summed E-state index contributed by atoms with van der Waals surface area (Å²) in [5, 5.41) is 16.7. The Balaban J connectivity index is 2.23. The number of nitro groups is 1. The largest absolute Gasteiger partial charge is 0.373 e. The van der Waals surface area contributed by atoms with Gasteiger partial charge < -0.3 is 10.6 Å². The van der Waals surface area contributed by atoms with Gasteiger partial charge in [0.15, 0.2) is 0 Å². The molecule has 0 radical (unpaired) electrons. The lowest BCUT2D eigenvalue weighted by atomic mass is 10.1. The maximum Gasteiger partial charge on any atom is 0.288 e. The minimum Gasteiger partial charge on any atom is -0.373 e. The SMILES string of the molecule is Cc1cc([N+](=O)[O-])c(Cl)cc1NC1CCCNC1=O. The molecule has 0 bridgehead atoms. The van der Waals surface area contributed by atoms with E-state index in [1.165, 1.54) is 12.1 Å². The number of piperidine rings is 1. The van der Waals surface area contributed by atoms with Gasteiger partial charge in [-0.1, -0.05) is 11.6 Å². The average molecular weight is 284 g/mol. The van der Waals surface area contributed by atoms with Crippen molar-refractivity contribution in [2.45, 2.75) is 25.8 Å². The number of carbonyl (C=O) groups excluding carboxylic acids is 1. The van der Waals surface area contributed by atoms with Gasteiger partial charge in [0.05, 0.1) is 4.92 Å². The zero-order valence-electron chi connectivity index (χ0n) is 10.4. The van der Waals surface area contributed by atoms with E-state index in [2.05, 4.69) is 10.6 Å². The van der Waals surface area contributed by atoms with Crippen molar-refractivity contribution in [3.63, 3.8) is 0 Å². The highest BCUT2D eigenvalue weighted by molar-refractivity contribution is 6.33. The predicted octanol–water partition coefficient (Wildman–Crippen LogP) is 2.25. The second-order valence-corrected chi connectivity index (χ2v) is 4.91. The van der Waals surface area contributed by atoms with Gasteiger partial charge in [-0.3, -0.25) is 14.9 Å². The number of amides is 1. The summed E-state index contributed by atoms with van der Waals surface area (Å²) in [5.41, 5.74) is 1.21. The molecule has 1 fully saturated rings. The van der Waals surface area contributed by atoms with Crippen LogP contribution >= 0.6 is 11.6 Å². The molecule has 102 valence electrons. The molecule has 1 unspecified atom stereocenters. The number of hydrogen-bond acceptors (Lipinski definition) is 4. The van der Waals surface area contributed by atoms with Gasteiger partial charge >= 0.3 is 0 Å². The third-order valence-corrected chi connectivity index (χ3v) is 3.41. The minimum absolute atomic E-state index is 0.0554. The van der Waals surface area contributed by atoms with Crippen molar-refractivity contribution in [2.75, 3.05) is 11.9 Å². The molecule has 0 aromatic heterocycles. The van der Waals surface area contributed by atoms with Gasteiger partial charge in [-0.2, -0.15) is 0 Å². The van der Waals surface area contributed by atoms with Crippen LogP contribution in [0.25, 0.3) is 0 Å². The van der Waals surface area contributed by atoms with E-state index in [9.17, 15) is 14.9 Å². The van der Waals surface area contributed by atoms with E-state index in [-0.39, 0.29) is 22.7 Å². The number of aryl methyl sites for hydroxylation is 1. The first kappa shape index (κ1) is 13.6. The van der Waals surface area contributed by atoms with Crippen LogP contribution in [0.4, 0.5) is 11.4 Å². The van der Waals surface area contributed by atoms with Crippen LogP contribution in [0.5, 0.6) is 0 Å². The highest BCUT2D eigenvalue weighted by Crippen LogP contribution is 2.31. The lowest BCUT2D eigenvalue weighted by molar-refractivity contribution is -0.384. The molecule has 1 amide bonds. The zero-order chi connectivity index (χ0) is 14.0. The first-order chi connectivity index (χ1) is 8.99. The van der Waals surface area contributed by atoms with E-state index in [0.29, 0.717) is 17.8 Å². The zero-order valence-corrected chi connectivity index (χ0v) is 11.2. The van der Waals surface area contributed by atoms with Gasteiger partial charge in [0.25, 0.3) is 5.69 Å². The number of rotatable bonds is 3. The number of benzene rings is 1. The number of hydrogen-bond donors (Lipinski definition) is 2. The third-order valence-electron chi connectivity index (χ3n) is 3.11. The topological polar surface area (TPSA) is 84.3 Å². The molecule has 2 N–H and O–H groups in total. The molecule has 2 rings (SSSR count). The van der Waals surface area contributed by atoms with E-state index in [0.717, 1.165) is 12.8 Å². The first-order valence-electron chi connectivity index (χ1n) is 5.98. The molecule has 0 aliphatic carbocycles. The smallest absolute Gasteiger partial charge is 0.288 e. The molecule has 1 aliphatic rings. The summed E-state index contributed by atoms with van der Waals surface area (Å²) in [6.45, 7) is 2.43. The second kappa shape index (κ2) is 5.44. The molecule has 0 saturated carbocycles. The molecule has 1 heterocycles. The van der Waals surface area contributed by atoms with E-state index >= 15 is 0 Å². The molecule has 1 atom stereocenters.